The molecule has 2 heterocycles. The summed E-state index contributed by atoms with van der Waals surface area (Å²) in [6.07, 6.45) is 2.00. The van der Waals surface area contributed by atoms with Crippen LogP contribution in [0.5, 0.6) is 0 Å². The van der Waals surface area contributed by atoms with Crippen LogP contribution in [0.4, 0.5) is 15.8 Å². The van der Waals surface area contributed by atoms with Gasteiger partial charge in [-0.3, -0.25) is 0 Å². The second-order valence-electron chi connectivity index (χ2n) is 9.35. The first-order chi connectivity index (χ1) is 16.0. The number of hydrogen-bond acceptors (Lipinski definition) is 5. The number of benzene rings is 2. The van der Waals surface area contributed by atoms with E-state index in [1.54, 1.807) is 22.5 Å². The summed E-state index contributed by atoms with van der Waals surface area (Å²) in [5.74, 6) is 0.971. The fourth-order valence-electron chi connectivity index (χ4n) is 5.29. The molecule has 0 spiro atoms. The number of fused-ring (bicyclic) bond motifs is 1. The maximum Gasteiger partial charge on any atom is 0.243 e. The quantitative estimate of drug-likeness (QED) is 0.635. The Kier molecular flexibility index (Phi) is 6.33. The Bertz CT molecular complexity index is 1070. The molecule has 2 unspecified atom stereocenters. The molecule has 3 fully saturated rings. The summed E-state index contributed by atoms with van der Waals surface area (Å²) in [7, 11) is -3.43. The minimum Gasteiger partial charge on any atom is -0.385 e. The van der Waals surface area contributed by atoms with Crippen LogP contribution in [-0.2, 0) is 21.2 Å². The summed E-state index contributed by atoms with van der Waals surface area (Å²) in [5, 5.41) is 3.36. The maximum absolute atomic E-state index is 14.6. The van der Waals surface area contributed by atoms with Gasteiger partial charge in [-0.1, -0.05) is 25.5 Å². The molecule has 1 aliphatic carbocycles. The zero-order chi connectivity index (χ0) is 23.0. The molecule has 3 aliphatic rings. The van der Waals surface area contributed by atoms with Gasteiger partial charge in [-0.2, -0.15) is 4.31 Å². The van der Waals surface area contributed by atoms with Gasteiger partial charge in [-0.25, -0.2) is 12.8 Å². The molecular formula is C25H32FN3O3S. The van der Waals surface area contributed by atoms with Crippen molar-refractivity contribution in [3.05, 3.63) is 53.8 Å². The molecule has 0 amide bonds. The number of aryl methyl sites for hydroxylation is 1. The van der Waals surface area contributed by atoms with E-state index in [4.69, 9.17) is 4.74 Å². The Morgan fingerprint density at radius 1 is 1.06 bits per heavy atom. The lowest BCUT2D eigenvalue weighted by molar-refractivity contribution is 0.122. The largest absolute Gasteiger partial charge is 0.385 e. The third-order valence-electron chi connectivity index (χ3n) is 7.28. The van der Waals surface area contributed by atoms with Gasteiger partial charge in [0, 0.05) is 38.4 Å². The number of morpholine rings is 1. The number of anilines is 2. The number of ether oxygens (including phenoxy) is 1. The van der Waals surface area contributed by atoms with Crippen LogP contribution in [0.2, 0.25) is 0 Å². The van der Waals surface area contributed by atoms with Crippen molar-refractivity contribution in [2.45, 2.75) is 24.7 Å². The van der Waals surface area contributed by atoms with E-state index in [0.717, 1.165) is 25.1 Å². The van der Waals surface area contributed by atoms with Gasteiger partial charge < -0.3 is 15.0 Å². The van der Waals surface area contributed by atoms with E-state index >= 15 is 0 Å². The van der Waals surface area contributed by atoms with Gasteiger partial charge in [0.1, 0.15) is 5.82 Å². The van der Waals surface area contributed by atoms with E-state index < -0.39 is 10.0 Å². The number of piperidine rings is 1. The second kappa shape index (κ2) is 9.24. The SMILES string of the molecule is CCCc1ccc(S(=O)(=O)N2CC3C(CNc4ccc(N5CCOCC5)c(F)c4)C3C2)cc1. The van der Waals surface area contributed by atoms with Crippen molar-refractivity contribution >= 4 is 21.4 Å². The predicted octanol–water partition coefficient (Wildman–Crippen LogP) is 3.59. The van der Waals surface area contributed by atoms with Crippen LogP contribution in [0.3, 0.4) is 0 Å². The van der Waals surface area contributed by atoms with Crippen molar-refractivity contribution < 1.29 is 17.5 Å². The Morgan fingerprint density at radius 2 is 1.76 bits per heavy atom. The van der Waals surface area contributed by atoms with E-state index in [0.29, 0.717) is 67.7 Å². The molecule has 0 radical (unpaired) electrons. The van der Waals surface area contributed by atoms with Crippen molar-refractivity contribution in [3.63, 3.8) is 0 Å². The summed E-state index contributed by atoms with van der Waals surface area (Å²) in [5.41, 5.74) is 2.56. The molecule has 178 valence electrons. The van der Waals surface area contributed by atoms with Crippen molar-refractivity contribution in [1.29, 1.82) is 0 Å². The lowest BCUT2D eigenvalue weighted by atomic mass is 10.1. The molecule has 2 aliphatic heterocycles. The van der Waals surface area contributed by atoms with Crippen LogP contribution in [0.15, 0.2) is 47.4 Å². The van der Waals surface area contributed by atoms with Gasteiger partial charge in [-0.15, -0.1) is 0 Å². The fourth-order valence-corrected chi connectivity index (χ4v) is 6.80. The molecule has 8 heteroatoms. The highest BCUT2D eigenvalue weighted by Crippen LogP contribution is 2.52. The summed E-state index contributed by atoms with van der Waals surface area (Å²) in [6, 6.07) is 12.6. The number of halogens is 1. The second-order valence-corrected chi connectivity index (χ2v) is 11.3. The molecule has 2 saturated heterocycles. The molecule has 2 aromatic carbocycles. The predicted molar refractivity (Wildman–Crippen MR) is 128 cm³/mol. The van der Waals surface area contributed by atoms with Crippen LogP contribution >= 0.6 is 0 Å². The molecule has 0 bridgehead atoms. The third kappa shape index (κ3) is 4.61. The first kappa shape index (κ1) is 22.6. The average molecular weight is 474 g/mol. The first-order valence-electron chi connectivity index (χ1n) is 11.9. The first-order valence-corrected chi connectivity index (χ1v) is 13.4. The molecule has 1 saturated carbocycles. The van der Waals surface area contributed by atoms with E-state index in [9.17, 15) is 12.8 Å². The minimum absolute atomic E-state index is 0.222. The monoisotopic (exact) mass is 473 g/mol. The zero-order valence-corrected chi connectivity index (χ0v) is 19.9. The highest BCUT2D eigenvalue weighted by Gasteiger charge is 2.57. The maximum atomic E-state index is 14.6. The average Bonchev–Trinajstić information content (AvgIpc) is 3.26. The lowest BCUT2D eigenvalue weighted by Crippen LogP contribution is -2.36. The Hall–Kier alpha value is -2.16. The third-order valence-corrected chi connectivity index (χ3v) is 9.12. The molecule has 6 nitrogen and oxygen atoms in total. The van der Waals surface area contributed by atoms with Gasteiger partial charge in [-0.05, 0) is 60.1 Å². The van der Waals surface area contributed by atoms with Crippen LogP contribution < -0.4 is 10.2 Å². The summed E-state index contributed by atoms with van der Waals surface area (Å²) >= 11 is 0. The molecular weight excluding hydrogens is 441 g/mol. The van der Waals surface area contributed by atoms with Crippen LogP contribution in [0.1, 0.15) is 18.9 Å². The summed E-state index contributed by atoms with van der Waals surface area (Å²) < 4.78 is 47.6. The Balaban J connectivity index is 1.14. The molecule has 0 aromatic heterocycles. The van der Waals surface area contributed by atoms with E-state index in [1.165, 1.54) is 5.56 Å². The zero-order valence-electron chi connectivity index (χ0n) is 19.0. The van der Waals surface area contributed by atoms with Crippen LogP contribution in [-0.4, -0.2) is 58.7 Å². The van der Waals surface area contributed by atoms with Crippen molar-refractivity contribution in [1.82, 2.24) is 4.31 Å². The normalized spacial score (nSPS) is 25.2. The van der Waals surface area contributed by atoms with E-state index in [1.807, 2.05) is 29.2 Å². The number of nitrogens with zero attached hydrogens (tertiary/aromatic N) is 2. The fraction of sp³-hybridized carbons (Fsp3) is 0.520. The number of hydrogen-bond donors (Lipinski definition) is 1. The Labute approximate surface area is 195 Å². The topological polar surface area (TPSA) is 61.9 Å². The van der Waals surface area contributed by atoms with Gasteiger partial charge in [0.2, 0.25) is 10.0 Å². The molecule has 1 N–H and O–H groups in total. The summed E-state index contributed by atoms with van der Waals surface area (Å²) in [4.78, 5) is 2.40. The van der Waals surface area contributed by atoms with E-state index in [-0.39, 0.29) is 5.82 Å². The van der Waals surface area contributed by atoms with Gasteiger partial charge in [0.15, 0.2) is 0 Å². The standard InChI is InChI=1S/C25H32FN3O3S/c1-2-3-18-4-7-20(8-5-18)33(30,31)29-16-22-21(23(22)17-29)15-27-19-6-9-25(24(26)14-19)28-10-12-32-13-11-28/h4-9,14,21-23,27H,2-3,10-13,15-17H2,1H3. The van der Waals surface area contributed by atoms with Gasteiger partial charge in [0.25, 0.3) is 0 Å². The van der Waals surface area contributed by atoms with E-state index in [2.05, 4.69) is 12.2 Å². The molecule has 5 rings (SSSR count). The molecule has 2 aromatic rings. The highest BCUT2D eigenvalue weighted by atomic mass is 32.2. The number of rotatable bonds is 8. The van der Waals surface area contributed by atoms with Crippen LogP contribution in [0, 0.1) is 23.6 Å². The van der Waals surface area contributed by atoms with Crippen molar-refractivity contribution in [2.75, 3.05) is 56.2 Å². The summed E-state index contributed by atoms with van der Waals surface area (Å²) in [6.45, 7) is 6.66. The van der Waals surface area contributed by atoms with Crippen molar-refractivity contribution in [2.24, 2.45) is 17.8 Å². The van der Waals surface area contributed by atoms with Crippen LogP contribution in [0.25, 0.3) is 0 Å². The smallest absolute Gasteiger partial charge is 0.243 e. The highest BCUT2D eigenvalue weighted by molar-refractivity contribution is 7.89. The van der Waals surface area contributed by atoms with Gasteiger partial charge >= 0.3 is 0 Å². The Morgan fingerprint density at radius 3 is 2.39 bits per heavy atom. The van der Waals surface area contributed by atoms with Crippen molar-refractivity contribution in [3.8, 4) is 0 Å². The lowest BCUT2D eigenvalue weighted by Gasteiger charge is -2.29. The van der Waals surface area contributed by atoms with Gasteiger partial charge in [0.05, 0.1) is 23.8 Å². The molecule has 2 atom stereocenters. The molecule has 33 heavy (non-hydrogen) atoms. The minimum atomic E-state index is -3.43. The number of nitrogens with one attached hydrogen (secondary N) is 1. The number of sulfonamides is 1.